The normalized spacial score (nSPS) is 16.8. The lowest BCUT2D eigenvalue weighted by molar-refractivity contribution is -0.145. The number of rotatable bonds is 13. The number of amides is 4. The van der Waals surface area contributed by atoms with E-state index in [1.807, 2.05) is 0 Å². The van der Waals surface area contributed by atoms with E-state index >= 15 is 0 Å². The van der Waals surface area contributed by atoms with Crippen molar-refractivity contribution in [2.75, 3.05) is 26.3 Å². The van der Waals surface area contributed by atoms with E-state index in [1.54, 1.807) is 0 Å². The van der Waals surface area contributed by atoms with Crippen LogP contribution in [0.3, 0.4) is 0 Å². The number of unbranched alkanes of at least 4 members (excludes halogenated alkanes) is 1. The van der Waals surface area contributed by atoms with Crippen molar-refractivity contribution in [1.82, 2.24) is 21.3 Å². The molecule has 4 N–H and O–H groups in total. The SMILES string of the molecule is O=C(NCCOC(=O)CCCCC(=O)OCCNC(=O)NC1CCCCC1)NC1CCCCC1. The molecule has 2 aliphatic carbocycles. The first-order chi connectivity index (χ1) is 16.5. The van der Waals surface area contributed by atoms with Gasteiger partial charge in [0.25, 0.3) is 0 Å². The van der Waals surface area contributed by atoms with Gasteiger partial charge in [-0.25, -0.2) is 9.59 Å². The summed E-state index contributed by atoms with van der Waals surface area (Å²) in [5, 5.41) is 11.3. The van der Waals surface area contributed by atoms with Gasteiger partial charge < -0.3 is 30.7 Å². The van der Waals surface area contributed by atoms with E-state index < -0.39 is 0 Å². The van der Waals surface area contributed by atoms with Gasteiger partial charge in [-0.3, -0.25) is 9.59 Å². The Bertz CT molecular complexity index is 579. The molecule has 10 heteroatoms. The third-order valence-corrected chi connectivity index (χ3v) is 6.19. The molecule has 0 heterocycles. The van der Waals surface area contributed by atoms with E-state index in [9.17, 15) is 19.2 Å². The lowest BCUT2D eigenvalue weighted by Gasteiger charge is -2.22. The maximum Gasteiger partial charge on any atom is 0.315 e. The predicted molar refractivity (Wildman–Crippen MR) is 127 cm³/mol. The van der Waals surface area contributed by atoms with E-state index in [0.29, 0.717) is 12.8 Å². The molecule has 0 unspecified atom stereocenters. The summed E-state index contributed by atoms with van der Waals surface area (Å²) < 4.78 is 10.2. The van der Waals surface area contributed by atoms with Gasteiger partial charge in [0.05, 0.1) is 13.1 Å². The first-order valence-corrected chi connectivity index (χ1v) is 12.9. The molecule has 34 heavy (non-hydrogen) atoms. The van der Waals surface area contributed by atoms with Crippen molar-refractivity contribution in [3.05, 3.63) is 0 Å². The summed E-state index contributed by atoms with van der Waals surface area (Å²) in [6.07, 6.45) is 12.6. The van der Waals surface area contributed by atoms with Gasteiger partial charge in [0.1, 0.15) is 13.2 Å². The van der Waals surface area contributed by atoms with E-state index in [1.165, 1.54) is 12.8 Å². The highest BCUT2D eigenvalue weighted by molar-refractivity contribution is 5.75. The second kappa shape index (κ2) is 17.0. The lowest BCUT2D eigenvalue weighted by Crippen LogP contribution is -2.43. The standard InChI is InChI=1S/C24H42N4O6/c29-21(33-17-15-25-23(31)27-19-9-3-1-4-10-19)13-7-8-14-22(30)34-18-16-26-24(32)28-20-11-5-2-6-12-20/h19-20H,1-18H2,(H2,25,27,31)(H2,26,28,32). The second-order valence-corrected chi connectivity index (χ2v) is 9.12. The summed E-state index contributed by atoms with van der Waals surface area (Å²) >= 11 is 0. The average Bonchev–Trinajstić information content (AvgIpc) is 2.83. The Balaban J connectivity index is 1.36. The molecule has 0 aromatic rings. The Kier molecular flexibility index (Phi) is 13.9. The minimum Gasteiger partial charge on any atom is -0.464 e. The molecule has 10 nitrogen and oxygen atoms in total. The molecular formula is C24H42N4O6. The van der Waals surface area contributed by atoms with Gasteiger partial charge in [0.2, 0.25) is 0 Å². The van der Waals surface area contributed by atoms with Crippen molar-refractivity contribution >= 4 is 24.0 Å². The summed E-state index contributed by atoms with van der Waals surface area (Å²) in [5.74, 6) is -0.702. The number of urea groups is 2. The van der Waals surface area contributed by atoms with Crippen LogP contribution in [0.25, 0.3) is 0 Å². The van der Waals surface area contributed by atoms with Crippen molar-refractivity contribution in [3.63, 3.8) is 0 Å². The summed E-state index contributed by atoms with van der Waals surface area (Å²) in [4.78, 5) is 47.1. The van der Waals surface area contributed by atoms with Crippen LogP contribution in [-0.4, -0.2) is 62.4 Å². The molecule has 2 fully saturated rings. The molecule has 4 amide bonds. The van der Waals surface area contributed by atoms with Crippen LogP contribution in [0.1, 0.15) is 89.9 Å². The first-order valence-electron chi connectivity index (χ1n) is 12.9. The van der Waals surface area contributed by atoms with Gasteiger partial charge in [-0.15, -0.1) is 0 Å². The zero-order chi connectivity index (χ0) is 24.4. The van der Waals surface area contributed by atoms with Gasteiger partial charge in [0, 0.05) is 24.9 Å². The molecule has 0 aliphatic heterocycles. The van der Waals surface area contributed by atoms with E-state index in [2.05, 4.69) is 21.3 Å². The molecule has 0 aromatic carbocycles. The monoisotopic (exact) mass is 482 g/mol. The number of hydrogen-bond donors (Lipinski definition) is 4. The third kappa shape index (κ3) is 13.3. The van der Waals surface area contributed by atoms with Gasteiger partial charge in [0.15, 0.2) is 0 Å². The zero-order valence-electron chi connectivity index (χ0n) is 20.3. The molecule has 0 radical (unpaired) electrons. The molecule has 2 saturated carbocycles. The molecule has 0 saturated heterocycles. The first kappa shape index (κ1) is 27.7. The largest absolute Gasteiger partial charge is 0.464 e. The predicted octanol–water partition coefficient (Wildman–Crippen LogP) is 2.90. The number of carbonyl (C=O) groups excluding carboxylic acids is 4. The van der Waals surface area contributed by atoms with Crippen molar-refractivity contribution < 1.29 is 28.7 Å². The topological polar surface area (TPSA) is 135 Å². The second-order valence-electron chi connectivity index (χ2n) is 9.12. The van der Waals surface area contributed by atoms with Crippen LogP contribution >= 0.6 is 0 Å². The zero-order valence-corrected chi connectivity index (χ0v) is 20.3. The quantitative estimate of drug-likeness (QED) is 0.235. The Morgan fingerprint density at radius 2 is 0.971 bits per heavy atom. The molecule has 0 atom stereocenters. The molecule has 0 bridgehead atoms. The Hall–Kier alpha value is -2.52. The maximum absolute atomic E-state index is 11.8. The molecule has 0 aromatic heterocycles. The van der Waals surface area contributed by atoms with Crippen LogP contribution in [0.4, 0.5) is 9.59 Å². The number of nitrogens with one attached hydrogen (secondary N) is 4. The number of carbonyl (C=O) groups is 4. The van der Waals surface area contributed by atoms with Gasteiger partial charge in [-0.1, -0.05) is 38.5 Å². The van der Waals surface area contributed by atoms with Gasteiger partial charge in [-0.05, 0) is 38.5 Å². The van der Waals surface area contributed by atoms with Crippen LogP contribution in [0, 0.1) is 0 Å². The highest BCUT2D eigenvalue weighted by atomic mass is 16.5. The number of ether oxygens (including phenoxy) is 2. The van der Waals surface area contributed by atoms with Crippen molar-refractivity contribution in [2.24, 2.45) is 0 Å². The summed E-state index contributed by atoms with van der Waals surface area (Å²) in [6, 6.07) is 0.0398. The summed E-state index contributed by atoms with van der Waals surface area (Å²) in [7, 11) is 0. The fraction of sp³-hybridized carbons (Fsp3) is 0.833. The number of hydrogen-bond acceptors (Lipinski definition) is 6. The molecule has 2 aliphatic rings. The Morgan fingerprint density at radius 3 is 1.35 bits per heavy atom. The minimum atomic E-state index is -0.351. The minimum absolute atomic E-state index is 0.125. The highest BCUT2D eigenvalue weighted by Gasteiger charge is 2.16. The molecule has 2 rings (SSSR count). The van der Waals surface area contributed by atoms with Gasteiger partial charge in [-0.2, -0.15) is 0 Å². The summed E-state index contributed by atoms with van der Waals surface area (Å²) in [5.41, 5.74) is 0. The van der Waals surface area contributed by atoms with Crippen LogP contribution in [-0.2, 0) is 19.1 Å². The lowest BCUT2D eigenvalue weighted by atomic mass is 9.96. The maximum atomic E-state index is 11.8. The fourth-order valence-electron chi connectivity index (χ4n) is 4.31. The van der Waals surface area contributed by atoms with E-state index in [0.717, 1.165) is 51.4 Å². The molecule has 0 spiro atoms. The van der Waals surface area contributed by atoms with Gasteiger partial charge >= 0.3 is 24.0 Å². The molecular weight excluding hydrogens is 440 g/mol. The summed E-state index contributed by atoms with van der Waals surface area (Å²) in [6.45, 7) is 0.785. The van der Waals surface area contributed by atoms with Crippen molar-refractivity contribution in [1.29, 1.82) is 0 Å². The Labute approximate surface area is 202 Å². The smallest absolute Gasteiger partial charge is 0.315 e. The van der Waals surface area contributed by atoms with Crippen LogP contribution in [0.2, 0.25) is 0 Å². The third-order valence-electron chi connectivity index (χ3n) is 6.19. The van der Waals surface area contributed by atoms with Crippen LogP contribution in [0.15, 0.2) is 0 Å². The Morgan fingerprint density at radius 1 is 0.588 bits per heavy atom. The molecule has 194 valence electrons. The van der Waals surface area contributed by atoms with E-state index in [4.69, 9.17) is 9.47 Å². The average molecular weight is 483 g/mol. The van der Waals surface area contributed by atoms with E-state index in [-0.39, 0.29) is 75.2 Å². The fourth-order valence-corrected chi connectivity index (χ4v) is 4.31. The number of esters is 2. The van der Waals surface area contributed by atoms with Crippen LogP contribution < -0.4 is 21.3 Å². The van der Waals surface area contributed by atoms with Crippen LogP contribution in [0.5, 0.6) is 0 Å². The van der Waals surface area contributed by atoms with Crippen molar-refractivity contribution in [3.8, 4) is 0 Å². The highest BCUT2D eigenvalue weighted by Crippen LogP contribution is 2.17. The van der Waals surface area contributed by atoms with Crippen molar-refractivity contribution in [2.45, 2.75) is 102 Å².